The van der Waals surface area contributed by atoms with E-state index in [4.69, 9.17) is 9.47 Å². The number of nitrogens with zero attached hydrogens (tertiary/aromatic N) is 2. The van der Waals surface area contributed by atoms with Crippen LogP contribution in [0.1, 0.15) is 30.0 Å². The zero-order valence-corrected chi connectivity index (χ0v) is 18.1. The third-order valence-electron chi connectivity index (χ3n) is 4.78. The van der Waals surface area contributed by atoms with Crippen molar-refractivity contribution in [3.8, 4) is 11.5 Å². The van der Waals surface area contributed by atoms with Gasteiger partial charge in [0.05, 0.1) is 20.3 Å². The summed E-state index contributed by atoms with van der Waals surface area (Å²) in [4.78, 5) is 30.2. The van der Waals surface area contributed by atoms with Gasteiger partial charge in [-0.05, 0) is 30.2 Å². The third kappa shape index (κ3) is 5.82. The molecule has 0 spiro atoms. The number of carbonyl (C=O) groups is 2. The summed E-state index contributed by atoms with van der Waals surface area (Å²) in [6, 6.07) is 7.57. The molecule has 8 nitrogen and oxygen atoms in total. The average Bonchev–Trinajstić information content (AvgIpc) is 2.96. The van der Waals surface area contributed by atoms with Gasteiger partial charge in [-0.1, -0.05) is 19.1 Å². The number of benzene rings is 1. The summed E-state index contributed by atoms with van der Waals surface area (Å²) in [6.07, 6.45) is 5.74. The van der Waals surface area contributed by atoms with Crippen molar-refractivity contribution in [2.45, 2.75) is 26.4 Å². The molecule has 0 fully saturated rings. The van der Waals surface area contributed by atoms with E-state index in [9.17, 15) is 9.59 Å². The zero-order chi connectivity index (χ0) is 22.2. The maximum Gasteiger partial charge on any atom is 0.246 e. The van der Waals surface area contributed by atoms with Gasteiger partial charge in [-0.15, -0.1) is 0 Å². The molecular formula is C23H28N4O4. The first-order valence-corrected chi connectivity index (χ1v) is 10.2. The lowest BCUT2D eigenvalue weighted by Gasteiger charge is -2.19. The number of anilines is 1. The van der Waals surface area contributed by atoms with E-state index in [0.717, 1.165) is 23.1 Å². The van der Waals surface area contributed by atoms with Crippen LogP contribution in [0.4, 0.5) is 5.82 Å². The normalized spacial score (nSPS) is 13.3. The quantitative estimate of drug-likeness (QED) is 0.633. The van der Waals surface area contributed by atoms with Crippen molar-refractivity contribution < 1.29 is 19.1 Å². The molecular weight excluding hydrogens is 396 g/mol. The lowest BCUT2D eigenvalue weighted by Crippen LogP contribution is -2.24. The Kier molecular flexibility index (Phi) is 7.61. The number of amides is 2. The molecule has 3 rings (SSSR count). The number of hydrogen-bond acceptors (Lipinski definition) is 6. The standard InChI is InChI=1S/C23H28N4O4/c1-4-10-31-22-17(6-5-7-19(22)30-3)15-27(2)21(29)9-8-16-11-18-13-24-14-20(28)26-23(18)25-12-16/h5-9,11-12,24H,4,10,13-15H2,1-3H3,(H,25,26,28). The van der Waals surface area contributed by atoms with Crippen molar-refractivity contribution in [2.75, 3.05) is 32.6 Å². The van der Waals surface area contributed by atoms with E-state index in [0.29, 0.717) is 37.0 Å². The first-order valence-electron chi connectivity index (χ1n) is 10.2. The molecule has 31 heavy (non-hydrogen) atoms. The van der Waals surface area contributed by atoms with Crippen LogP contribution in [0.2, 0.25) is 0 Å². The number of likely N-dealkylation sites (N-methyl/N-ethyl adjacent to an activating group) is 1. The zero-order valence-electron chi connectivity index (χ0n) is 18.1. The molecule has 2 aromatic rings. The van der Waals surface area contributed by atoms with Crippen molar-refractivity contribution >= 4 is 23.7 Å². The molecule has 164 valence electrons. The molecule has 2 amide bonds. The number of nitrogens with one attached hydrogen (secondary N) is 2. The lowest BCUT2D eigenvalue weighted by atomic mass is 10.1. The Morgan fingerprint density at radius 1 is 1.32 bits per heavy atom. The first kappa shape index (κ1) is 22.3. The van der Waals surface area contributed by atoms with Gasteiger partial charge in [0.25, 0.3) is 0 Å². The summed E-state index contributed by atoms with van der Waals surface area (Å²) in [6.45, 7) is 3.78. The molecule has 0 saturated heterocycles. The fourth-order valence-electron chi connectivity index (χ4n) is 3.20. The van der Waals surface area contributed by atoms with Gasteiger partial charge in [0.2, 0.25) is 11.8 Å². The topological polar surface area (TPSA) is 92.8 Å². The Bertz CT molecular complexity index is 974. The molecule has 0 atom stereocenters. The first-order chi connectivity index (χ1) is 15.0. The predicted octanol–water partition coefficient (Wildman–Crippen LogP) is 2.59. The fraction of sp³-hybridized carbons (Fsp3) is 0.348. The second-order valence-electron chi connectivity index (χ2n) is 7.25. The molecule has 2 N–H and O–H groups in total. The van der Waals surface area contributed by atoms with Crippen molar-refractivity contribution in [1.82, 2.24) is 15.2 Å². The number of ether oxygens (including phenoxy) is 2. The largest absolute Gasteiger partial charge is 0.493 e. The van der Waals surface area contributed by atoms with Crippen LogP contribution >= 0.6 is 0 Å². The van der Waals surface area contributed by atoms with Crippen LogP contribution < -0.4 is 20.1 Å². The fourth-order valence-corrected chi connectivity index (χ4v) is 3.20. The minimum Gasteiger partial charge on any atom is -0.493 e. The third-order valence-corrected chi connectivity index (χ3v) is 4.78. The van der Waals surface area contributed by atoms with E-state index in [1.165, 1.54) is 6.08 Å². The van der Waals surface area contributed by atoms with Gasteiger partial charge in [0.1, 0.15) is 5.82 Å². The van der Waals surface area contributed by atoms with Crippen LogP contribution in [0.3, 0.4) is 0 Å². The highest BCUT2D eigenvalue weighted by molar-refractivity contribution is 5.93. The van der Waals surface area contributed by atoms with Crippen LogP contribution in [0.15, 0.2) is 36.5 Å². The molecule has 2 heterocycles. The van der Waals surface area contributed by atoms with Crippen LogP contribution in [-0.4, -0.2) is 49.0 Å². The average molecular weight is 425 g/mol. The van der Waals surface area contributed by atoms with Gasteiger partial charge in [0.15, 0.2) is 11.5 Å². The van der Waals surface area contributed by atoms with Gasteiger partial charge in [-0.3, -0.25) is 9.59 Å². The maximum absolute atomic E-state index is 12.7. The second kappa shape index (κ2) is 10.6. The van der Waals surface area contributed by atoms with E-state index in [1.54, 1.807) is 31.3 Å². The predicted molar refractivity (Wildman–Crippen MR) is 119 cm³/mol. The van der Waals surface area contributed by atoms with Crippen LogP contribution in [0.25, 0.3) is 6.08 Å². The summed E-state index contributed by atoms with van der Waals surface area (Å²) in [5, 5.41) is 5.80. The highest BCUT2D eigenvalue weighted by atomic mass is 16.5. The summed E-state index contributed by atoms with van der Waals surface area (Å²) in [5.41, 5.74) is 2.54. The summed E-state index contributed by atoms with van der Waals surface area (Å²) in [7, 11) is 3.34. The molecule has 1 aliphatic rings. The number of aromatic nitrogens is 1. The van der Waals surface area contributed by atoms with Crippen molar-refractivity contribution in [3.63, 3.8) is 0 Å². The maximum atomic E-state index is 12.7. The summed E-state index contributed by atoms with van der Waals surface area (Å²) >= 11 is 0. The monoisotopic (exact) mass is 424 g/mol. The van der Waals surface area contributed by atoms with Crippen LogP contribution in [0, 0.1) is 0 Å². The number of carbonyl (C=O) groups excluding carboxylic acids is 2. The molecule has 0 aliphatic carbocycles. The van der Waals surface area contributed by atoms with Gasteiger partial charge in [-0.25, -0.2) is 4.98 Å². The number of rotatable bonds is 8. The highest BCUT2D eigenvalue weighted by Gasteiger charge is 2.15. The number of pyridine rings is 1. The van der Waals surface area contributed by atoms with Gasteiger partial charge in [0, 0.05) is 43.5 Å². The minimum atomic E-state index is -0.148. The Morgan fingerprint density at radius 2 is 2.16 bits per heavy atom. The molecule has 0 radical (unpaired) electrons. The smallest absolute Gasteiger partial charge is 0.246 e. The van der Waals surface area contributed by atoms with E-state index in [-0.39, 0.29) is 18.4 Å². The van der Waals surface area contributed by atoms with E-state index >= 15 is 0 Å². The highest BCUT2D eigenvalue weighted by Crippen LogP contribution is 2.32. The number of hydrogen-bond donors (Lipinski definition) is 2. The Hall–Kier alpha value is -3.39. The van der Waals surface area contributed by atoms with Crippen molar-refractivity contribution in [2.24, 2.45) is 0 Å². The molecule has 0 bridgehead atoms. The SMILES string of the molecule is CCCOc1c(CN(C)C(=O)C=Cc2cnc3c(c2)CNCC(=O)N3)cccc1OC. The molecule has 0 unspecified atom stereocenters. The van der Waals surface area contributed by atoms with E-state index in [2.05, 4.69) is 15.6 Å². The molecule has 0 saturated carbocycles. The summed E-state index contributed by atoms with van der Waals surface area (Å²) < 4.78 is 11.3. The Morgan fingerprint density at radius 3 is 2.94 bits per heavy atom. The van der Waals surface area contributed by atoms with Crippen LogP contribution in [0.5, 0.6) is 11.5 Å². The second-order valence-corrected chi connectivity index (χ2v) is 7.25. The molecule has 1 aromatic carbocycles. The lowest BCUT2D eigenvalue weighted by molar-refractivity contribution is -0.125. The van der Waals surface area contributed by atoms with E-state index < -0.39 is 0 Å². The van der Waals surface area contributed by atoms with Gasteiger partial charge in [-0.2, -0.15) is 0 Å². The number of para-hydroxylation sites is 1. The van der Waals surface area contributed by atoms with Crippen molar-refractivity contribution in [1.29, 1.82) is 0 Å². The van der Waals surface area contributed by atoms with E-state index in [1.807, 2.05) is 31.2 Å². The van der Waals surface area contributed by atoms with Gasteiger partial charge >= 0.3 is 0 Å². The number of methoxy groups -OCH3 is 1. The number of fused-ring (bicyclic) bond motifs is 1. The molecule has 1 aromatic heterocycles. The molecule has 1 aliphatic heterocycles. The Labute approximate surface area is 182 Å². The van der Waals surface area contributed by atoms with Crippen molar-refractivity contribution in [3.05, 3.63) is 53.2 Å². The van der Waals surface area contributed by atoms with Crippen LogP contribution in [-0.2, 0) is 22.7 Å². The van der Waals surface area contributed by atoms with Gasteiger partial charge < -0.3 is 25.0 Å². The summed E-state index contributed by atoms with van der Waals surface area (Å²) in [5.74, 6) is 1.60. The Balaban J connectivity index is 1.69. The minimum absolute atomic E-state index is 0.119. The molecule has 8 heteroatoms.